The summed E-state index contributed by atoms with van der Waals surface area (Å²) in [6.07, 6.45) is -1.73. The first kappa shape index (κ1) is 42.5. The smallest absolute Gasteiger partial charge is 0.449 e. The molecule has 5 amide bonds. The zero-order valence-electron chi connectivity index (χ0n) is 32.5. The molecule has 6 rings (SSSR count). The number of carbonyl (C=O) groups is 6. The predicted molar refractivity (Wildman–Crippen MR) is 220 cm³/mol. The number of fused-ring (bicyclic) bond motifs is 3. The van der Waals surface area contributed by atoms with Gasteiger partial charge >= 0.3 is 12.2 Å². The van der Waals surface area contributed by atoms with Crippen LogP contribution in [0, 0.1) is 10.1 Å². The fourth-order valence-corrected chi connectivity index (χ4v) is 6.43. The Kier molecular flexibility index (Phi) is 14.3. The summed E-state index contributed by atoms with van der Waals surface area (Å²) in [4.78, 5) is 86.1. The van der Waals surface area contributed by atoms with Gasteiger partial charge < -0.3 is 40.8 Å². The minimum absolute atomic E-state index is 0.0671. The van der Waals surface area contributed by atoms with Gasteiger partial charge in [0.2, 0.25) is 23.6 Å². The van der Waals surface area contributed by atoms with E-state index < -0.39 is 66.5 Å². The van der Waals surface area contributed by atoms with Gasteiger partial charge in [-0.15, -0.1) is 0 Å². The Labute approximate surface area is 348 Å². The monoisotopic (exact) mass is 828 g/mol. The van der Waals surface area contributed by atoms with Crippen molar-refractivity contribution in [3.8, 4) is 16.9 Å². The Morgan fingerprint density at radius 2 is 1.23 bits per heavy atom. The van der Waals surface area contributed by atoms with Crippen molar-refractivity contribution in [1.29, 1.82) is 0 Å². The number of hydrogen-bond donors (Lipinski definition) is 5. The Hall–Kier alpha value is -8.08. The van der Waals surface area contributed by atoms with E-state index in [1.54, 1.807) is 54.6 Å². The molecule has 17 heteroatoms. The van der Waals surface area contributed by atoms with Crippen LogP contribution < -0.4 is 31.3 Å². The van der Waals surface area contributed by atoms with Gasteiger partial charge in [0.05, 0.1) is 18.0 Å². The molecule has 312 valence electrons. The standard InChI is InChI=1S/C44H40N6O11/c51-39(23-47-43(55)59-27-37-35-12-6-4-10-33(35)34-11-5-7-13-36(34)37)45-24-41(53)49-38(22-28-8-2-1-3-9-28)42(54)46-25-40(52)48-30-16-14-29(15-17-30)26-60-44(56)61-32-20-18-31(19-21-32)50(57)58/h1-21,37-38H,22-27H2,(H,45,51)(H,46,54)(H,47,55)(H,48,52)(H,49,53)/t38-/m0/s1. The number of benzene rings is 5. The lowest BCUT2D eigenvalue weighted by molar-refractivity contribution is -0.384. The highest BCUT2D eigenvalue weighted by molar-refractivity contribution is 5.96. The van der Waals surface area contributed by atoms with Crippen molar-refractivity contribution in [2.24, 2.45) is 0 Å². The zero-order valence-corrected chi connectivity index (χ0v) is 32.5. The zero-order chi connectivity index (χ0) is 43.1. The van der Waals surface area contributed by atoms with Crippen LogP contribution in [0.1, 0.15) is 28.2 Å². The number of rotatable bonds is 17. The van der Waals surface area contributed by atoms with E-state index in [9.17, 15) is 38.9 Å². The molecular weight excluding hydrogens is 789 g/mol. The maximum atomic E-state index is 13.2. The second-order valence-corrected chi connectivity index (χ2v) is 13.6. The van der Waals surface area contributed by atoms with Crippen molar-refractivity contribution in [2.45, 2.75) is 25.0 Å². The maximum absolute atomic E-state index is 13.2. The van der Waals surface area contributed by atoms with Gasteiger partial charge in [0, 0.05) is 30.2 Å². The van der Waals surface area contributed by atoms with Crippen LogP contribution in [-0.2, 0) is 41.7 Å². The number of non-ortho nitro benzene ring substituents is 1. The summed E-state index contributed by atoms with van der Waals surface area (Å²) in [5.41, 5.74) is 5.77. The number of amides is 5. The average molecular weight is 829 g/mol. The molecule has 0 saturated carbocycles. The van der Waals surface area contributed by atoms with Gasteiger partial charge in [0.1, 0.15) is 31.5 Å². The van der Waals surface area contributed by atoms with Crippen LogP contribution in [0.15, 0.2) is 127 Å². The van der Waals surface area contributed by atoms with E-state index in [1.165, 1.54) is 24.3 Å². The first-order valence-electron chi connectivity index (χ1n) is 19.0. The van der Waals surface area contributed by atoms with Crippen LogP contribution >= 0.6 is 0 Å². The lowest BCUT2D eigenvalue weighted by Crippen LogP contribution is -2.52. The fourth-order valence-electron chi connectivity index (χ4n) is 6.43. The highest BCUT2D eigenvalue weighted by atomic mass is 16.7. The Bertz CT molecular complexity index is 2350. The highest BCUT2D eigenvalue weighted by Gasteiger charge is 2.29. The molecule has 5 aromatic carbocycles. The number of nitro groups is 1. The van der Waals surface area contributed by atoms with E-state index in [-0.39, 0.29) is 37.0 Å². The van der Waals surface area contributed by atoms with E-state index in [0.29, 0.717) is 11.3 Å². The first-order valence-corrected chi connectivity index (χ1v) is 19.0. The lowest BCUT2D eigenvalue weighted by atomic mass is 9.98. The number of ether oxygens (including phenoxy) is 3. The van der Waals surface area contributed by atoms with Crippen LogP contribution in [-0.4, -0.2) is 73.1 Å². The van der Waals surface area contributed by atoms with Crippen molar-refractivity contribution < 1.29 is 47.9 Å². The Balaban J connectivity index is 0.910. The van der Waals surface area contributed by atoms with Crippen molar-refractivity contribution in [1.82, 2.24) is 21.3 Å². The summed E-state index contributed by atoms with van der Waals surface area (Å²) in [6.45, 7) is -1.47. The highest BCUT2D eigenvalue weighted by Crippen LogP contribution is 2.44. The van der Waals surface area contributed by atoms with Gasteiger partial charge in [-0.2, -0.15) is 0 Å². The maximum Gasteiger partial charge on any atom is 0.514 e. The van der Waals surface area contributed by atoms with E-state index in [1.807, 2.05) is 48.5 Å². The SMILES string of the molecule is O=C(CNC(=O)OCC1c2ccccc2-c2ccccc21)NCC(=O)N[C@@H](Cc1ccccc1)C(=O)NCC(=O)Nc1ccc(COC(=O)Oc2ccc([N+](=O)[O-])cc2)cc1. The molecule has 0 bridgehead atoms. The molecule has 5 aromatic rings. The molecule has 0 spiro atoms. The summed E-state index contributed by atoms with van der Waals surface area (Å²) >= 11 is 0. The normalized spacial score (nSPS) is 11.7. The Morgan fingerprint density at radius 1 is 0.623 bits per heavy atom. The fraction of sp³-hybridized carbons (Fsp3) is 0.182. The number of nitrogens with zero attached hydrogens (tertiary/aromatic N) is 1. The van der Waals surface area contributed by atoms with Gasteiger partial charge in [-0.1, -0.05) is 91.0 Å². The number of nitrogens with one attached hydrogen (secondary N) is 5. The number of nitro benzene ring substituents is 1. The van der Waals surface area contributed by atoms with Crippen LogP contribution in [0.2, 0.25) is 0 Å². The molecule has 5 N–H and O–H groups in total. The summed E-state index contributed by atoms with van der Waals surface area (Å²) in [7, 11) is 0. The van der Waals surface area contributed by atoms with E-state index >= 15 is 0 Å². The van der Waals surface area contributed by atoms with Gasteiger partial charge in [0.15, 0.2) is 0 Å². The number of alkyl carbamates (subject to hydrolysis) is 1. The quantitative estimate of drug-likeness (QED) is 0.0372. The molecule has 1 aliphatic carbocycles. The molecule has 61 heavy (non-hydrogen) atoms. The molecular formula is C44H40N6O11. The molecule has 0 aliphatic heterocycles. The molecule has 0 aromatic heterocycles. The summed E-state index contributed by atoms with van der Waals surface area (Å²) in [6, 6.07) is 34.8. The minimum Gasteiger partial charge on any atom is -0.449 e. The van der Waals surface area contributed by atoms with Gasteiger partial charge in [-0.25, -0.2) is 9.59 Å². The van der Waals surface area contributed by atoms with Crippen LogP contribution in [0.3, 0.4) is 0 Å². The van der Waals surface area contributed by atoms with E-state index in [4.69, 9.17) is 14.2 Å². The van der Waals surface area contributed by atoms with Crippen molar-refractivity contribution in [3.05, 3.63) is 160 Å². The molecule has 1 atom stereocenters. The minimum atomic E-state index is -1.11. The summed E-state index contributed by atoms with van der Waals surface area (Å²) in [5.74, 6) is -2.64. The predicted octanol–water partition coefficient (Wildman–Crippen LogP) is 4.75. The second-order valence-electron chi connectivity index (χ2n) is 13.6. The Morgan fingerprint density at radius 3 is 1.89 bits per heavy atom. The van der Waals surface area contributed by atoms with E-state index in [0.717, 1.165) is 27.8 Å². The third-order valence-electron chi connectivity index (χ3n) is 9.38. The average Bonchev–Trinajstić information content (AvgIpc) is 3.59. The van der Waals surface area contributed by atoms with Crippen LogP contribution in [0.4, 0.5) is 21.0 Å². The van der Waals surface area contributed by atoms with Crippen molar-refractivity contribution in [2.75, 3.05) is 31.6 Å². The molecule has 0 fully saturated rings. The molecule has 17 nitrogen and oxygen atoms in total. The topological polar surface area (TPSA) is 233 Å². The molecule has 0 radical (unpaired) electrons. The summed E-state index contributed by atoms with van der Waals surface area (Å²) < 4.78 is 15.5. The van der Waals surface area contributed by atoms with Crippen molar-refractivity contribution >= 4 is 47.3 Å². The number of anilines is 1. The largest absolute Gasteiger partial charge is 0.514 e. The van der Waals surface area contributed by atoms with Crippen LogP contribution in [0.25, 0.3) is 11.1 Å². The van der Waals surface area contributed by atoms with E-state index in [2.05, 4.69) is 26.6 Å². The lowest BCUT2D eigenvalue weighted by Gasteiger charge is -2.19. The second kappa shape index (κ2) is 20.6. The van der Waals surface area contributed by atoms with Gasteiger partial charge in [-0.3, -0.25) is 29.3 Å². The van der Waals surface area contributed by atoms with Crippen LogP contribution in [0.5, 0.6) is 5.75 Å². The number of hydrogen-bond acceptors (Lipinski definition) is 11. The first-order chi connectivity index (χ1) is 29.5. The van der Waals surface area contributed by atoms with Gasteiger partial charge in [0.25, 0.3) is 5.69 Å². The summed E-state index contributed by atoms with van der Waals surface area (Å²) in [5, 5.41) is 23.3. The molecule has 0 saturated heterocycles. The third-order valence-corrected chi connectivity index (χ3v) is 9.38. The molecule has 0 unspecified atom stereocenters. The molecule has 1 aliphatic rings. The molecule has 0 heterocycles. The van der Waals surface area contributed by atoms with Crippen molar-refractivity contribution in [3.63, 3.8) is 0 Å². The number of carbonyl (C=O) groups excluding carboxylic acids is 6. The third kappa shape index (κ3) is 12.2. The van der Waals surface area contributed by atoms with Gasteiger partial charge in [-0.05, 0) is 57.6 Å².